The van der Waals surface area contributed by atoms with Gasteiger partial charge in [-0.25, -0.2) is 0 Å². The van der Waals surface area contributed by atoms with Crippen molar-refractivity contribution in [1.29, 1.82) is 0 Å². The molecule has 1 aliphatic heterocycles. The molecule has 1 saturated heterocycles. The number of aliphatic hydroxyl groups is 4. The van der Waals surface area contributed by atoms with E-state index in [-0.39, 0.29) is 6.61 Å². The third-order valence-electron chi connectivity index (χ3n) is 4.05. The normalized spacial score (nSPS) is 30.7. The second-order valence-corrected chi connectivity index (χ2v) is 5.82. The van der Waals surface area contributed by atoms with E-state index in [1.807, 2.05) is 4.90 Å². The van der Waals surface area contributed by atoms with Crippen LogP contribution in [0.3, 0.4) is 0 Å². The number of β-amino-alcohol motifs (C(OH)–C–C–N with tert-alkyl or cyclic N) is 1. The van der Waals surface area contributed by atoms with Gasteiger partial charge in [0.25, 0.3) is 0 Å². The van der Waals surface area contributed by atoms with E-state index in [1.54, 1.807) is 0 Å². The van der Waals surface area contributed by atoms with Crippen LogP contribution in [0.2, 0.25) is 0 Å². The van der Waals surface area contributed by atoms with Crippen LogP contribution in [0.25, 0.3) is 0 Å². The van der Waals surface area contributed by atoms with Crippen molar-refractivity contribution in [2.45, 2.75) is 63.4 Å². The van der Waals surface area contributed by atoms with E-state index in [0.29, 0.717) is 13.1 Å². The summed E-state index contributed by atoms with van der Waals surface area (Å²) in [4.78, 5) is 1.87. The maximum Gasteiger partial charge on any atom is 0.109 e. The lowest BCUT2D eigenvalue weighted by molar-refractivity contribution is -0.145. The standard InChI is InChI=1S/C15H31NO5/c1-2-8-21-9-6-4-3-5-7-16-10-13(18)15(20)14(19)12(16)11-17/h12-15,17-20H,2-11H2,1H3/t12?,13?,14-,15-/m1/s1. The molecule has 0 amide bonds. The Labute approximate surface area is 127 Å². The summed E-state index contributed by atoms with van der Waals surface area (Å²) in [5.74, 6) is 0. The van der Waals surface area contributed by atoms with Gasteiger partial charge < -0.3 is 25.2 Å². The van der Waals surface area contributed by atoms with E-state index in [4.69, 9.17) is 4.74 Å². The molecule has 21 heavy (non-hydrogen) atoms. The second kappa shape index (κ2) is 10.5. The molecule has 1 rings (SSSR count). The molecule has 6 heteroatoms. The molecule has 0 aromatic rings. The Morgan fingerprint density at radius 3 is 2.38 bits per heavy atom. The molecule has 1 heterocycles. The first-order valence-corrected chi connectivity index (χ1v) is 8.08. The van der Waals surface area contributed by atoms with Crippen molar-refractivity contribution < 1.29 is 25.2 Å². The van der Waals surface area contributed by atoms with E-state index < -0.39 is 24.4 Å². The zero-order valence-electron chi connectivity index (χ0n) is 13.0. The maximum absolute atomic E-state index is 9.87. The summed E-state index contributed by atoms with van der Waals surface area (Å²) in [5, 5.41) is 38.6. The lowest BCUT2D eigenvalue weighted by atomic mass is 9.94. The minimum atomic E-state index is -1.17. The minimum absolute atomic E-state index is 0.212. The van der Waals surface area contributed by atoms with E-state index >= 15 is 0 Å². The van der Waals surface area contributed by atoms with Gasteiger partial charge in [0.1, 0.15) is 12.2 Å². The van der Waals surface area contributed by atoms with Crippen molar-refractivity contribution in [2.75, 3.05) is 32.9 Å². The summed E-state index contributed by atoms with van der Waals surface area (Å²) in [7, 11) is 0. The molecule has 0 radical (unpaired) electrons. The van der Waals surface area contributed by atoms with Crippen molar-refractivity contribution in [3.63, 3.8) is 0 Å². The van der Waals surface area contributed by atoms with Crippen LogP contribution >= 0.6 is 0 Å². The summed E-state index contributed by atoms with van der Waals surface area (Å²) in [5.41, 5.74) is 0. The van der Waals surface area contributed by atoms with Gasteiger partial charge in [-0.2, -0.15) is 0 Å². The number of piperidine rings is 1. The number of hydrogen-bond acceptors (Lipinski definition) is 6. The summed E-state index contributed by atoms with van der Waals surface area (Å²) < 4.78 is 5.42. The molecule has 1 aliphatic rings. The highest BCUT2D eigenvalue weighted by Crippen LogP contribution is 2.19. The first kappa shape index (κ1) is 18.8. The number of unbranched alkanes of at least 4 members (excludes halogenated alkanes) is 3. The minimum Gasteiger partial charge on any atom is -0.395 e. The summed E-state index contributed by atoms with van der Waals surface area (Å²) >= 11 is 0. The molecular formula is C15H31NO5. The van der Waals surface area contributed by atoms with Crippen LogP contribution in [0, 0.1) is 0 Å². The van der Waals surface area contributed by atoms with E-state index in [9.17, 15) is 20.4 Å². The van der Waals surface area contributed by atoms with Crippen LogP contribution in [0.5, 0.6) is 0 Å². The second-order valence-electron chi connectivity index (χ2n) is 5.82. The van der Waals surface area contributed by atoms with Crippen LogP contribution in [0.1, 0.15) is 39.0 Å². The highest BCUT2D eigenvalue weighted by Gasteiger charge is 2.40. The Balaban J connectivity index is 2.18. The third kappa shape index (κ3) is 6.18. The van der Waals surface area contributed by atoms with Crippen molar-refractivity contribution in [2.24, 2.45) is 0 Å². The zero-order valence-corrected chi connectivity index (χ0v) is 13.0. The fraction of sp³-hybridized carbons (Fsp3) is 1.00. The number of hydrogen-bond donors (Lipinski definition) is 4. The van der Waals surface area contributed by atoms with Gasteiger partial charge in [-0.3, -0.25) is 4.90 Å². The fourth-order valence-corrected chi connectivity index (χ4v) is 2.75. The van der Waals surface area contributed by atoms with Crippen molar-refractivity contribution in [1.82, 2.24) is 4.90 Å². The largest absolute Gasteiger partial charge is 0.395 e. The van der Waals surface area contributed by atoms with Gasteiger partial charge in [0.15, 0.2) is 0 Å². The molecule has 6 nitrogen and oxygen atoms in total. The van der Waals surface area contributed by atoms with Crippen molar-refractivity contribution in [3.05, 3.63) is 0 Å². The number of nitrogens with zero attached hydrogens (tertiary/aromatic N) is 1. The molecule has 126 valence electrons. The highest BCUT2D eigenvalue weighted by molar-refractivity contribution is 4.93. The van der Waals surface area contributed by atoms with Crippen LogP contribution in [-0.4, -0.2) is 82.6 Å². The van der Waals surface area contributed by atoms with Gasteiger partial charge in [-0.15, -0.1) is 0 Å². The smallest absolute Gasteiger partial charge is 0.109 e. The molecule has 0 aromatic heterocycles. The molecule has 0 spiro atoms. The number of rotatable bonds is 10. The Morgan fingerprint density at radius 2 is 1.71 bits per heavy atom. The number of likely N-dealkylation sites (tertiary alicyclic amines) is 1. The first-order chi connectivity index (χ1) is 10.1. The van der Waals surface area contributed by atoms with Crippen molar-refractivity contribution in [3.8, 4) is 0 Å². The molecular weight excluding hydrogens is 274 g/mol. The molecule has 0 bridgehead atoms. The SMILES string of the molecule is CCCOCCCCCCN1CC(O)[C@@H](O)[C@H](O)C1CO. The van der Waals surface area contributed by atoms with Gasteiger partial charge in [-0.05, 0) is 25.8 Å². The molecule has 2 unspecified atom stereocenters. The molecule has 0 aromatic carbocycles. The van der Waals surface area contributed by atoms with Gasteiger partial charge in [0, 0.05) is 19.8 Å². The van der Waals surface area contributed by atoms with Crippen LogP contribution in [-0.2, 0) is 4.74 Å². The molecule has 1 fully saturated rings. The summed E-state index contributed by atoms with van der Waals surface area (Å²) in [6.07, 6.45) is 1.97. The topological polar surface area (TPSA) is 93.4 Å². The predicted molar refractivity (Wildman–Crippen MR) is 80.0 cm³/mol. The van der Waals surface area contributed by atoms with Crippen molar-refractivity contribution >= 4 is 0 Å². The monoisotopic (exact) mass is 305 g/mol. The van der Waals surface area contributed by atoms with E-state index in [1.165, 1.54) is 0 Å². The highest BCUT2D eigenvalue weighted by atomic mass is 16.5. The summed E-state index contributed by atoms with van der Waals surface area (Å²) in [6.45, 7) is 4.52. The maximum atomic E-state index is 9.87. The zero-order chi connectivity index (χ0) is 15.7. The predicted octanol–water partition coefficient (Wildman–Crippen LogP) is -0.267. The molecule has 0 saturated carbocycles. The average molecular weight is 305 g/mol. The lowest BCUT2D eigenvalue weighted by Gasteiger charge is -2.43. The van der Waals surface area contributed by atoms with Gasteiger partial charge in [0.2, 0.25) is 0 Å². The van der Waals surface area contributed by atoms with E-state index in [0.717, 1.165) is 45.3 Å². The van der Waals surface area contributed by atoms with Crippen LogP contribution in [0.4, 0.5) is 0 Å². The van der Waals surface area contributed by atoms with Gasteiger partial charge >= 0.3 is 0 Å². The molecule has 4 N–H and O–H groups in total. The fourth-order valence-electron chi connectivity index (χ4n) is 2.75. The van der Waals surface area contributed by atoms with E-state index in [2.05, 4.69) is 6.92 Å². The first-order valence-electron chi connectivity index (χ1n) is 8.08. The summed E-state index contributed by atoms with van der Waals surface area (Å²) in [6, 6.07) is -0.490. The average Bonchev–Trinajstić information content (AvgIpc) is 2.48. The quantitative estimate of drug-likeness (QED) is 0.415. The van der Waals surface area contributed by atoms with Gasteiger partial charge in [0.05, 0.1) is 18.8 Å². The Kier molecular flexibility index (Phi) is 9.39. The number of aliphatic hydroxyl groups excluding tert-OH is 4. The number of ether oxygens (including phenoxy) is 1. The van der Waals surface area contributed by atoms with Gasteiger partial charge in [-0.1, -0.05) is 19.8 Å². The van der Waals surface area contributed by atoms with Crippen LogP contribution < -0.4 is 0 Å². The third-order valence-corrected chi connectivity index (χ3v) is 4.05. The Morgan fingerprint density at radius 1 is 1.00 bits per heavy atom. The lowest BCUT2D eigenvalue weighted by Crippen LogP contribution is -2.62. The molecule has 4 atom stereocenters. The van der Waals surface area contributed by atoms with Crippen LogP contribution in [0.15, 0.2) is 0 Å². The Hall–Kier alpha value is -0.240. The Bertz CT molecular complexity index is 266. The molecule has 0 aliphatic carbocycles.